The summed E-state index contributed by atoms with van der Waals surface area (Å²) in [5, 5.41) is 4.71. The fourth-order valence-corrected chi connectivity index (χ4v) is 7.90. The van der Waals surface area contributed by atoms with Crippen molar-refractivity contribution in [3.8, 4) is 27.9 Å². The number of fused-ring (bicyclic) bond motifs is 7. The second-order valence-electron chi connectivity index (χ2n) is 13.4. The predicted octanol–water partition coefficient (Wildman–Crippen LogP) is 13.3. The van der Waals surface area contributed by atoms with Crippen LogP contribution in [0.4, 0.5) is 11.4 Å². The molecule has 0 saturated carbocycles. The van der Waals surface area contributed by atoms with Crippen LogP contribution in [0.25, 0.3) is 77.3 Å². The van der Waals surface area contributed by atoms with Gasteiger partial charge in [0.1, 0.15) is 11.2 Å². The Hall–Kier alpha value is -6.84. The van der Waals surface area contributed by atoms with Gasteiger partial charge >= 0.3 is 0 Å². The first-order valence-electron chi connectivity index (χ1n) is 17.7. The Labute approximate surface area is 302 Å². The lowest BCUT2D eigenvalue weighted by Crippen LogP contribution is -2.18. The summed E-state index contributed by atoms with van der Waals surface area (Å²) in [5.74, 6) is 0. The molecule has 0 aliphatic carbocycles. The molecule has 0 spiro atoms. The van der Waals surface area contributed by atoms with Gasteiger partial charge in [-0.25, -0.2) is 0 Å². The van der Waals surface area contributed by atoms with E-state index in [4.69, 9.17) is 4.42 Å². The average molecular weight is 667 g/mol. The molecule has 10 rings (SSSR count). The SMILES string of the molecule is C=C1/C=C\C=C/CN(c2ccccc2)c2cc(-c3ccc4c(c3)oc3cc(-c5cccc6c5c5ccccc5n6-c5ccccc5)ccc34)ccc21. The second-order valence-corrected chi connectivity index (χ2v) is 13.4. The van der Waals surface area contributed by atoms with Gasteiger partial charge in [0.25, 0.3) is 0 Å². The molecular weight excluding hydrogens is 633 g/mol. The van der Waals surface area contributed by atoms with E-state index in [-0.39, 0.29) is 0 Å². The number of allylic oxidation sites excluding steroid dienone is 4. The van der Waals surface area contributed by atoms with Gasteiger partial charge in [-0.05, 0) is 94.6 Å². The maximum absolute atomic E-state index is 6.68. The topological polar surface area (TPSA) is 21.3 Å². The van der Waals surface area contributed by atoms with E-state index in [1.165, 1.54) is 27.4 Å². The fourth-order valence-electron chi connectivity index (χ4n) is 7.90. The molecule has 0 atom stereocenters. The molecule has 0 radical (unpaired) electrons. The van der Waals surface area contributed by atoms with E-state index in [2.05, 4.69) is 198 Å². The van der Waals surface area contributed by atoms with Gasteiger partial charge in [0, 0.05) is 50.7 Å². The van der Waals surface area contributed by atoms with Crippen LogP contribution in [0.15, 0.2) is 193 Å². The monoisotopic (exact) mass is 666 g/mol. The summed E-state index contributed by atoms with van der Waals surface area (Å²) < 4.78 is 9.04. The third kappa shape index (κ3) is 4.90. The van der Waals surface area contributed by atoms with Crippen molar-refractivity contribution in [3.63, 3.8) is 0 Å². The Morgan fingerprint density at radius 2 is 1.15 bits per heavy atom. The number of nitrogens with zero attached hydrogens (tertiary/aromatic N) is 2. The first-order valence-corrected chi connectivity index (χ1v) is 17.7. The molecule has 0 saturated heterocycles. The summed E-state index contributed by atoms with van der Waals surface area (Å²) in [6.45, 7) is 5.16. The molecule has 2 aromatic heterocycles. The zero-order valence-electron chi connectivity index (χ0n) is 28.5. The van der Waals surface area contributed by atoms with Crippen LogP contribution in [0.3, 0.4) is 0 Å². The average Bonchev–Trinajstić information content (AvgIpc) is 3.76. The summed E-state index contributed by atoms with van der Waals surface area (Å²) in [6, 6.07) is 56.4. The number of aromatic nitrogens is 1. The van der Waals surface area contributed by atoms with Crippen LogP contribution in [-0.4, -0.2) is 11.1 Å². The molecule has 1 aliphatic rings. The van der Waals surface area contributed by atoms with Crippen molar-refractivity contribution in [1.29, 1.82) is 0 Å². The van der Waals surface area contributed by atoms with Crippen molar-refractivity contribution in [2.45, 2.75) is 0 Å². The van der Waals surface area contributed by atoms with Crippen LogP contribution in [0.1, 0.15) is 5.56 Å². The minimum absolute atomic E-state index is 0.753. The Morgan fingerprint density at radius 1 is 0.500 bits per heavy atom. The van der Waals surface area contributed by atoms with Crippen molar-refractivity contribution >= 4 is 60.7 Å². The molecule has 246 valence electrons. The first-order chi connectivity index (χ1) is 25.7. The Bertz CT molecular complexity index is 2890. The Kier molecular flexibility index (Phi) is 7.04. The van der Waals surface area contributed by atoms with E-state index in [1.807, 2.05) is 0 Å². The van der Waals surface area contributed by atoms with Crippen molar-refractivity contribution in [1.82, 2.24) is 4.57 Å². The van der Waals surface area contributed by atoms with E-state index in [0.717, 1.165) is 73.4 Å². The zero-order chi connectivity index (χ0) is 34.6. The Morgan fingerprint density at radius 3 is 1.96 bits per heavy atom. The standard InChI is InChI=1S/C49H34N2O/c1-33-14-5-4-12-29-50(37-15-6-2-7-16-37)46-30-34(23-26-39(33)46)35-24-27-41-42-28-25-36(32-48(42)52-47(41)31-35)40-20-13-22-45-49(40)43-19-10-11-21-44(43)51(45)38-17-8-3-9-18-38/h2-28,30-32H,1,29H2/b12-4-,14-5-. The summed E-state index contributed by atoms with van der Waals surface area (Å²) in [5.41, 5.74) is 14.2. The number of para-hydroxylation sites is 3. The number of furan rings is 1. The van der Waals surface area contributed by atoms with Crippen LogP contribution in [0.5, 0.6) is 0 Å². The van der Waals surface area contributed by atoms with Gasteiger partial charge in [-0.1, -0.05) is 122 Å². The van der Waals surface area contributed by atoms with Gasteiger partial charge in [0.05, 0.1) is 11.0 Å². The minimum Gasteiger partial charge on any atom is -0.456 e. The van der Waals surface area contributed by atoms with Crippen molar-refractivity contribution in [3.05, 3.63) is 194 Å². The largest absolute Gasteiger partial charge is 0.456 e. The van der Waals surface area contributed by atoms with E-state index in [0.29, 0.717) is 0 Å². The number of hydrogen-bond donors (Lipinski definition) is 0. The molecule has 1 aliphatic heterocycles. The third-order valence-corrected chi connectivity index (χ3v) is 10.4. The van der Waals surface area contributed by atoms with E-state index in [1.54, 1.807) is 0 Å². The summed E-state index contributed by atoms with van der Waals surface area (Å²) in [7, 11) is 0. The van der Waals surface area contributed by atoms with Crippen LogP contribution < -0.4 is 4.90 Å². The van der Waals surface area contributed by atoms with Crippen LogP contribution >= 0.6 is 0 Å². The van der Waals surface area contributed by atoms with Crippen LogP contribution in [0.2, 0.25) is 0 Å². The number of anilines is 2. The quantitative estimate of drug-likeness (QED) is 0.186. The van der Waals surface area contributed by atoms with Crippen LogP contribution in [0, 0.1) is 0 Å². The van der Waals surface area contributed by atoms with Gasteiger partial charge in [-0.2, -0.15) is 0 Å². The fraction of sp³-hybridized carbons (Fsp3) is 0.0204. The highest BCUT2D eigenvalue weighted by molar-refractivity contribution is 6.16. The van der Waals surface area contributed by atoms with E-state index in [9.17, 15) is 0 Å². The summed E-state index contributed by atoms with van der Waals surface area (Å²) >= 11 is 0. The third-order valence-electron chi connectivity index (χ3n) is 10.4. The normalized spacial score (nSPS) is 14.4. The Balaban J connectivity index is 1.08. The lowest BCUT2D eigenvalue weighted by atomic mass is 9.96. The maximum atomic E-state index is 6.68. The highest BCUT2D eigenvalue weighted by atomic mass is 16.3. The molecule has 0 amide bonds. The molecule has 0 fully saturated rings. The highest BCUT2D eigenvalue weighted by Gasteiger charge is 2.19. The van der Waals surface area contributed by atoms with Crippen molar-refractivity contribution in [2.75, 3.05) is 11.4 Å². The second kappa shape index (κ2) is 12.2. The molecule has 0 unspecified atom stereocenters. The zero-order valence-corrected chi connectivity index (χ0v) is 28.5. The summed E-state index contributed by atoms with van der Waals surface area (Å²) in [6.07, 6.45) is 8.44. The predicted molar refractivity (Wildman–Crippen MR) is 220 cm³/mol. The maximum Gasteiger partial charge on any atom is 0.136 e. The number of rotatable bonds is 4. The minimum atomic E-state index is 0.753. The lowest BCUT2D eigenvalue weighted by molar-refractivity contribution is 0.669. The number of benzene rings is 7. The highest BCUT2D eigenvalue weighted by Crippen LogP contribution is 2.42. The molecule has 9 aromatic rings. The number of hydrogen-bond acceptors (Lipinski definition) is 2. The lowest BCUT2D eigenvalue weighted by Gasteiger charge is -2.27. The summed E-state index contributed by atoms with van der Waals surface area (Å²) in [4.78, 5) is 2.35. The first kappa shape index (κ1) is 30.0. The molecule has 3 heterocycles. The van der Waals surface area contributed by atoms with Gasteiger partial charge in [-0.15, -0.1) is 0 Å². The van der Waals surface area contributed by atoms with Gasteiger partial charge < -0.3 is 13.9 Å². The molecule has 7 aromatic carbocycles. The smallest absolute Gasteiger partial charge is 0.136 e. The molecule has 0 N–H and O–H groups in total. The molecule has 52 heavy (non-hydrogen) atoms. The van der Waals surface area contributed by atoms with Gasteiger partial charge in [-0.3, -0.25) is 0 Å². The van der Waals surface area contributed by atoms with Gasteiger partial charge in [0.2, 0.25) is 0 Å². The van der Waals surface area contributed by atoms with Crippen molar-refractivity contribution < 1.29 is 4.42 Å². The van der Waals surface area contributed by atoms with Crippen molar-refractivity contribution in [2.24, 2.45) is 0 Å². The molecule has 3 heteroatoms. The molecule has 3 nitrogen and oxygen atoms in total. The molecular formula is C49H34N2O. The van der Waals surface area contributed by atoms with Gasteiger partial charge in [0.15, 0.2) is 0 Å². The van der Waals surface area contributed by atoms with Crippen LogP contribution in [-0.2, 0) is 0 Å². The molecule has 0 bridgehead atoms. The van der Waals surface area contributed by atoms with E-state index >= 15 is 0 Å². The van der Waals surface area contributed by atoms with E-state index < -0.39 is 0 Å².